The Morgan fingerprint density at radius 2 is 1.82 bits per heavy atom. The summed E-state index contributed by atoms with van der Waals surface area (Å²) in [7, 11) is -4.44. The van der Waals surface area contributed by atoms with Crippen LogP contribution in [0.5, 0.6) is 5.75 Å². The number of carboxylic acid groups (broad SMARTS) is 1. The molecule has 212 valence electrons. The summed E-state index contributed by atoms with van der Waals surface area (Å²) < 4.78 is 101. The van der Waals surface area contributed by atoms with E-state index in [1.54, 1.807) is 0 Å². The Kier molecular flexibility index (Phi) is 8.41. The highest BCUT2D eigenvalue weighted by Crippen LogP contribution is 2.40. The quantitative estimate of drug-likeness (QED) is 0.217. The van der Waals surface area contributed by atoms with Crippen LogP contribution >= 0.6 is 11.6 Å². The monoisotopic (exact) mass is 601 g/mol. The first kappa shape index (κ1) is 29.3. The van der Waals surface area contributed by atoms with E-state index in [1.807, 2.05) is 0 Å². The molecule has 3 aromatic rings. The van der Waals surface area contributed by atoms with Crippen molar-refractivity contribution >= 4 is 45.4 Å². The molecule has 1 atom stereocenters. The molecule has 1 aliphatic rings. The number of halogens is 6. The van der Waals surface area contributed by atoms with E-state index in [1.165, 1.54) is 42.5 Å². The molecule has 0 amide bonds. The largest absolute Gasteiger partial charge is 0.486 e. The van der Waals surface area contributed by atoms with Gasteiger partial charge in [-0.05, 0) is 48.4 Å². The smallest absolute Gasteiger partial charge is 0.417 e. The highest BCUT2D eigenvalue weighted by molar-refractivity contribution is 7.92. The highest BCUT2D eigenvalue weighted by Gasteiger charge is 2.36. The molecule has 0 aliphatic carbocycles. The standard InChI is InChI=1S/C27H21ClF5NO5S/c28-22-6-2-5-21(27(31,32)33)20(22)10-7-16-8-11-24-23(13-16)34(15-18(39-24)9-12-25(35)36)40(37,38)19-4-1-3-17(14-19)26(29)30/h1-8,10-11,13-14,18,26H,9,12,15H2,(H,35,36)/t18-/m0/s1. The molecular weight excluding hydrogens is 581 g/mol. The van der Waals surface area contributed by atoms with Crippen molar-refractivity contribution in [3.05, 3.63) is 87.9 Å². The van der Waals surface area contributed by atoms with E-state index in [9.17, 15) is 35.2 Å². The van der Waals surface area contributed by atoms with Gasteiger partial charge in [0.05, 0.1) is 22.7 Å². The van der Waals surface area contributed by atoms with Crippen molar-refractivity contribution in [2.24, 2.45) is 0 Å². The number of alkyl halides is 5. The lowest BCUT2D eigenvalue weighted by Crippen LogP contribution is -2.43. The molecule has 6 nitrogen and oxygen atoms in total. The summed E-state index contributed by atoms with van der Waals surface area (Å²) in [6.45, 7) is -0.322. The lowest BCUT2D eigenvalue weighted by atomic mass is 10.0. The van der Waals surface area contributed by atoms with Crippen molar-refractivity contribution in [1.29, 1.82) is 0 Å². The minimum absolute atomic E-state index is 0.00591. The van der Waals surface area contributed by atoms with Crippen LogP contribution in [0.25, 0.3) is 12.2 Å². The van der Waals surface area contributed by atoms with Gasteiger partial charge in [-0.15, -0.1) is 0 Å². The van der Waals surface area contributed by atoms with Gasteiger partial charge in [-0.25, -0.2) is 17.2 Å². The third-order valence-electron chi connectivity index (χ3n) is 6.09. The third kappa shape index (κ3) is 6.39. The van der Waals surface area contributed by atoms with Gasteiger partial charge in [0.1, 0.15) is 11.9 Å². The van der Waals surface area contributed by atoms with Crippen LogP contribution in [0.2, 0.25) is 5.02 Å². The predicted molar refractivity (Wildman–Crippen MR) is 139 cm³/mol. The zero-order chi connectivity index (χ0) is 29.2. The molecular formula is C27H21ClF5NO5S. The molecule has 1 aliphatic heterocycles. The summed E-state index contributed by atoms with van der Waals surface area (Å²) in [5.74, 6) is -1.05. The fourth-order valence-electron chi connectivity index (χ4n) is 4.17. The second-order valence-corrected chi connectivity index (χ2v) is 11.1. The summed E-state index contributed by atoms with van der Waals surface area (Å²) in [5, 5.41) is 8.92. The molecule has 0 saturated carbocycles. The molecule has 0 radical (unpaired) electrons. The first-order chi connectivity index (χ1) is 18.8. The lowest BCUT2D eigenvalue weighted by molar-refractivity contribution is -0.138. The van der Waals surface area contributed by atoms with Crippen LogP contribution in [0.4, 0.5) is 27.6 Å². The Hall–Kier alpha value is -3.64. The molecule has 0 saturated heterocycles. The van der Waals surface area contributed by atoms with Crippen LogP contribution in [0.15, 0.2) is 65.6 Å². The van der Waals surface area contributed by atoms with Crippen LogP contribution < -0.4 is 9.04 Å². The summed E-state index contributed by atoms with van der Waals surface area (Å²) >= 11 is 6.02. The molecule has 1 N–H and O–H groups in total. The molecule has 1 heterocycles. The van der Waals surface area contributed by atoms with Gasteiger partial charge in [-0.3, -0.25) is 9.10 Å². The number of benzene rings is 3. The molecule has 0 bridgehead atoms. The van der Waals surface area contributed by atoms with Crippen LogP contribution in [0.3, 0.4) is 0 Å². The van der Waals surface area contributed by atoms with Crippen molar-refractivity contribution < 1.29 is 45.0 Å². The summed E-state index contributed by atoms with van der Waals surface area (Å²) in [5.41, 5.74) is -1.45. The molecule has 40 heavy (non-hydrogen) atoms. The van der Waals surface area contributed by atoms with E-state index >= 15 is 0 Å². The number of ether oxygens (including phenoxy) is 1. The topological polar surface area (TPSA) is 83.9 Å². The second kappa shape index (κ2) is 11.5. The Labute approximate surface area is 231 Å². The molecule has 3 aromatic carbocycles. The van der Waals surface area contributed by atoms with E-state index in [0.29, 0.717) is 5.56 Å². The number of anilines is 1. The maximum absolute atomic E-state index is 13.6. The van der Waals surface area contributed by atoms with E-state index in [0.717, 1.165) is 34.6 Å². The average Bonchev–Trinajstić information content (AvgIpc) is 2.90. The van der Waals surface area contributed by atoms with Gasteiger partial charge >= 0.3 is 12.1 Å². The van der Waals surface area contributed by atoms with Gasteiger partial charge in [-0.1, -0.05) is 48.0 Å². The zero-order valence-corrected chi connectivity index (χ0v) is 22.0. The normalized spacial score (nSPS) is 15.8. The van der Waals surface area contributed by atoms with Crippen LogP contribution in [-0.2, 0) is 21.0 Å². The first-order valence-electron chi connectivity index (χ1n) is 11.7. The van der Waals surface area contributed by atoms with Crippen LogP contribution in [0.1, 0.15) is 41.5 Å². The van der Waals surface area contributed by atoms with Crippen molar-refractivity contribution in [3.63, 3.8) is 0 Å². The van der Waals surface area contributed by atoms with Crippen molar-refractivity contribution in [2.75, 3.05) is 10.8 Å². The van der Waals surface area contributed by atoms with Crippen molar-refractivity contribution in [1.82, 2.24) is 0 Å². The Morgan fingerprint density at radius 3 is 2.50 bits per heavy atom. The predicted octanol–water partition coefficient (Wildman–Crippen LogP) is 7.29. The van der Waals surface area contributed by atoms with E-state index < -0.39 is 50.7 Å². The number of rotatable bonds is 8. The van der Waals surface area contributed by atoms with Gasteiger partial charge in [0, 0.05) is 22.6 Å². The maximum atomic E-state index is 13.6. The summed E-state index contributed by atoms with van der Waals surface area (Å²) in [6.07, 6.45) is -6.33. The Bertz CT molecular complexity index is 1560. The van der Waals surface area contributed by atoms with Crippen molar-refractivity contribution in [3.8, 4) is 5.75 Å². The number of carboxylic acids is 1. The third-order valence-corrected chi connectivity index (χ3v) is 8.20. The first-order valence-corrected chi connectivity index (χ1v) is 13.6. The van der Waals surface area contributed by atoms with Crippen LogP contribution in [0, 0.1) is 0 Å². The number of hydrogen-bond donors (Lipinski definition) is 1. The minimum atomic E-state index is -4.67. The van der Waals surface area contributed by atoms with Gasteiger partial charge in [0.2, 0.25) is 0 Å². The molecule has 0 spiro atoms. The van der Waals surface area contributed by atoms with Gasteiger partial charge < -0.3 is 9.84 Å². The second-order valence-electron chi connectivity index (χ2n) is 8.84. The van der Waals surface area contributed by atoms with Gasteiger partial charge in [0.15, 0.2) is 0 Å². The molecule has 0 fully saturated rings. The minimum Gasteiger partial charge on any atom is -0.486 e. The van der Waals surface area contributed by atoms with E-state index in [-0.39, 0.29) is 41.4 Å². The summed E-state index contributed by atoms with van der Waals surface area (Å²) in [4.78, 5) is 10.7. The number of carbonyl (C=O) groups is 1. The molecule has 0 aromatic heterocycles. The van der Waals surface area contributed by atoms with Gasteiger partial charge in [0.25, 0.3) is 16.4 Å². The fraction of sp³-hybridized carbons (Fsp3) is 0.222. The van der Waals surface area contributed by atoms with E-state index in [4.69, 9.17) is 21.4 Å². The van der Waals surface area contributed by atoms with E-state index in [2.05, 4.69) is 0 Å². The summed E-state index contributed by atoms with van der Waals surface area (Å²) in [6, 6.07) is 11.9. The van der Waals surface area contributed by atoms with Gasteiger partial charge in [-0.2, -0.15) is 13.2 Å². The SMILES string of the molecule is O=C(O)CC[C@H]1CN(S(=O)(=O)c2cccc(C(F)F)c2)c2cc(C=Cc3c(Cl)cccc3C(F)(F)F)ccc2O1. The number of sulfonamides is 1. The Morgan fingerprint density at radius 1 is 1.10 bits per heavy atom. The average molecular weight is 602 g/mol. The molecule has 13 heteroatoms. The number of hydrogen-bond acceptors (Lipinski definition) is 4. The van der Waals surface area contributed by atoms with Crippen molar-refractivity contribution in [2.45, 2.75) is 36.4 Å². The molecule has 0 unspecified atom stereocenters. The zero-order valence-electron chi connectivity index (χ0n) is 20.4. The Balaban J connectivity index is 1.77. The molecule has 4 rings (SSSR count). The fourth-order valence-corrected chi connectivity index (χ4v) is 5.96. The number of fused-ring (bicyclic) bond motifs is 1. The lowest BCUT2D eigenvalue weighted by Gasteiger charge is -2.35. The maximum Gasteiger partial charge on any atom is 0.417 e. The number of nitrogens with zero attached hydrogens (tertiary/aromatic N) is 1. The number of aliphatic carboxylic acids is 1. The van der Waals surface area contributed by atoms with Crippen LogP contribution in [-0.4, -0.2) is 32.1 Å². The highest BCUT2D eigenvalue weighted by atomic mass is 35.5.